The van der Waals surface area contributed by atoms with Gasteiger partial charge in [-0.2, -0.15) is 0 Å². The zero-order valence-corrected chi connectivity index (χ0v) is 10.9. The maximum absolute atomic E-state index is 11.7. The number of nitrogens with zero attached hydrogens (tertiary/aromatic N) is 1. The lowest BCUT2D eigenvalue weighted by Crippen LogP contribution is -2.39. The van der Waals surface area contributed by atoms with E-state index in [-0.39, 0.29) is 5.97 Å². The molecule has 4 heteroatoms. The average Bonchev–Trinajstić information content (AvgIpc) is 2.18. The van der Waals surface area contributed by atoms with Crippen LogP contribution in [-0.4, -0.2) is 22.6 Å². The largest absolute Gasteiger partial charge is 0.459 e. The Morgan fingerprint density at radius 3 is 2.71 bits per heavy atom. The van der Waals surface area contributed by atoms with E-state index in [9.17, 15) is 4.79 Å². The second-order valence-corrected chi connectivity index (χ2v) is 5.11. The average molecular weight is 236 g/mol. The first-order chi connectivity index (χ1) is 7.79. The van der Waals surface area contributed by atoms with E-state index in [1.807, 2.05) is 39.8 Å². The molecule has 1 aromatic rings. The van der Waals surface area contributed by atoms with Gasteiger partial charge >= 0.3 is 5.97 Å². The number of aryl methyl sites for hydroxylation is 1. The lowest BCUT2D eigenvalue weighted by Gasteiger charge is -2.22. The van der Waals surface area contributed by atoms with Crippen LogP contribution in [0.3, 0.4) is 0 Å². The first kappa shape index (κ1) is 13.6. The highest BCUT2D eigenvalue weighted by Crippen LogP contribution is 2.11. The van der Waals surface area contributed by atoms with Crippen LogP contribution >= 0.6 is 0 Å². The van der Waals surface area contributed by atoms with Gasteiger partial charge in [-0.05, 0) is 39.3 Å². The topological polar surface area (TPSA) is 65.2 Å². The highest BCUT2D eigenvalue weighted by Gasteiger charge is 2.22. The molecule has 0 aromatic carbocycles. The van der Waals surface area contributed by atoms with Crippen molar-refractivity contribution in [2.24, 2.45) is 5.73 Å². The van der Waals surface area contributed by atoms with Gasteiger partial charge in [0.1, 0.15) is 11.6 Å². The fourth-order valence-corrected chi connectivity index (χ4v) is 1.40. The first-order valence-corrected chi connectivity index (χ1v) is 5.68. The zero-order valence-electron chi connectivity index (χ0n) is 10.9. The number of carbonyl (C=O) groups excluding carboxylic acids is 1. The molecular weight excluding hydrogens is 216 g/mol. The second-order valence-electron chi connectivity index (χ2n) is 5.11. The van der Waals surface area contributed by atoms with Crippen LogP contribution in [0.2, 0.25) is 0 Å². The van der Waals surface area contributed by atoms with E-state index in [4.69, 9.17) is 10.5 Å². The van der Waals surface area contributed by atoms with Crippen LogP contribution < -0.4 is 5.73 Å². The molecule has 0 spiro atoms. The van der Waals surface area contributed by atoms with E-state index in [1.165, 1.54) is 0 Å². The van der Waals surface area contributed by atoms with E-state index >= 15 is 0 Å². The van der Waals surface area contributed by atoms with Crippen molar-refractivity contribution in [3.63, 3.8) is 0 Å². The molecule has 0 aliphatic heterocycles. The molecule has 0 bridgehead atoms. The number of pyridine rings is 1. The van der Waals surface area contributed by atoms with Gasteiger partial charge in [0.15, 0.2) is 0 Å². The third-order valence-corrected chi connectivity index (χ3v) is 2.24. The number of hydrogen-bond donors (Lipinski definition) is 1. The van der Waals surface area contributed by atoms with E-state index in [1.54, 1.807) is 6.20 Å². The molecule has 0 saturated carbocycles. The summed E-state index contributed by atoms with van der Waals surface area (Å²) in [6.45, 7) is 7.42. The minimum absolute atomic E-state index is 0.387. The van der Waals surface area contributed by atoms with Crippen molar-refractivity contribution in [1.82, 2.24) is 4.98 Å². The Hall–Kier alpha value is -1.42. The summed E-state index contributed by atoms with van der Waals surface area (Å²) in [5.41, 5.74) is 7.18. The predicted molar refractivity (Wildman–Crippen MR) is 66.5 cm³/mol. The molecule has 4 nitrogen and oxygen atoms in total. The van der Waals surface area contributed by atoms with Crippen molar-refractivity contribution < 1.29 is 9.53 Å². The van der Waals surface area contributed by atoms with Gasteiger partial charge in [0.2, 0.25) is 0 Å². The molecule has 1 unspecified atom stereocenters. The minimum atomic E-state index is -0.664. The zero-order chi connectivity index (χ0) is 13.1. The Morgan fingerprint density at radius 2 is 2.18 bits per heavy atom. The van der Waals surface area contributed by atoms with Crippen LogP contribution in [0.4, 0.5) is 0 Å². The van der Waals surface area contributed by atoms with Gasteiger partial charge in [0, 0.05) is 18.3 Å². The highest BCUT2D eigenvalue weighted by atomic mass is 16.6. The fraction of sp³-hybridized carbons (Fsp3) is 0.538. The van der Waals surface area contributed by atoms with Gasteiger partial charge in [-0.3, -0.25) is 9.78 Å². The summed E-state index contributed by atoms with van der Waals surface area (Å²) in [4.78, 5) is 15.9. The Labute approximate surface area is 102 Å². The first-order valence-electron chi connectivity index (χ1n) is 5.68. The summed E-state index contributed by atoms with van der Waals surface area (Å²) in [6.07, 6.45) is 2.10. The number of rotatable bonds is 3. The number of nitrogens with two attached hydrogens (primary N) is 1. The van der Waals surface area contributed by atoms with Crippen molar-refractivity contribution in [3.8, 4) is 0 Å². The fourth-order valence-electron chi connectivity index (χ4n) is 1.40. The van der Waals surface area contributed by atoms with Crippen molar-refractivity contribution in [2.45, 2.75) is 45.8 Å². The van der Waals surface area contributed by atoms with Crippen molar-refractivity contribution >= 4 is 5.97 Å². The maximum atomic E-state index is 11.7. The predicted octanol–water partition coefficient (Wildman–Crippen LogP) is 1.60. The van der Waals surface area contributed by atoms with Gasteiger partial charge in [-0.1, -0.05) is 6.07 Å². The lowest BCUT2D eigenvalue weighted by molar-refractivity contribution is -0.156. The third-order valence-electron chi connectivity index (χ3n) is 2.24. The molecule has 0 radical (unpaired) electrons. The van der Waals surface area contributed by atoms with Gasteiger partial charge in [0.05, 0.1) is 0 Å². The number of carbonyl (C=O) groups is 1. The molecule has 0 saturated heterocycles. The minimum Gasteiger partial charge on any atom is -0.459 e. The molecule has 1 heterocycles. The van der Waals surface area contributed by atoms with Gasteiger partial charge in [-0.15, -0.1) is 0 Å². The van der Waals surface area contributed by atoms with Crippen LogP contribution in [-0.2, 0) is 16.0 Å². The molecule has 1 rings (SSSR count). The Balaban J connectivity index is 2.64. The summed E-state index contributed by atoms with van der Waals surface area (Å²) >= 11 is 0. The summed E-state index contributed by atoms with van der Waals surface area (Å²) in [5, 5.41) is 0. The number of ether oxygens (including phenoxy) is 1. The third kappa shape index (κ3) is 4.53. The van der Waals surface area contributed by atoms with Crippen molar-refractivity contribution in [3.05, 3.63) is 29.6 Å². The molecule has 0 aliphatic carbocycles. The van der Waals surface area contributed by atoms with Gasteiger partial charge in [0.25, 0.3) is 0 Å². The van der Waals surface area contributed by atoms with Gasteiger partial charge < -0.3 is 10.5 Å². The Kier molecular flexibility index (Phi) is 4.23. The van der Waals surface area contributed by atoms with E-state index in [0.717, 1.165) is 11.3 Å². The van der Waals surface area contributed by atoms with Crippen LogP contribution in [0.5, 0.6) is 0 Å². The summed E-state index contributed by atoms with van der Waals surface area (Å²) in [5.74, 6) is -0.387. The smallest absolute Gasteiger partial charge is 0.323 e. The molecule has 0 amide bonds. The number of hydrogen-bond acceptors (Lipinski definition) is 4. The second kappa shape index (κ2) is 5.27. The Morgan fingerprint density at radius 1 is 1.53 bits per heavy atom. The van der Waals surface area contributed by atoms with E-state index < -0.39 is 11.6 Å². The van der Waals surface area contributed by atoms with Crippen LogP contribution in [0.25, 0.3) is 0 Å². The summed E-state index contributed by atoms with van der Waals surface area (Å²) < 4.78 is 5.22. The normalized spacial score (nSPS) is 13.2. The molecule has 1 aromatic heterocycles. The molecule has 0 aliphatic rings. The Bertz CT molecular complexity index is 397. The molecule has 1 atom stereocenters. The summed E-state index contributed by atoms with van der Waals surface area (Å²) in [7, 11) is 0. The quantitative estimate of drug-likeness (QED) is 0.810. The standard InChI is InChI=1S/C13H20N2O2/c1-9-6-5-7-15-11(9)8-10(14)12(16)17-13(2,3)4/h5-7,10H,8,14H2,1-4H3. The van der Waals surface area contributed by atoms with Crippen molar-refractivity contribution in [1.29, 1.82) is 0 Å². The van der Waals surface area contributed by atoms with E-state index in [2.05, 4.69) is 4.98 Å². The van der Waals surface area contributed by atoms with Crippen LogP contribution in [0.1, 0.15) is 32.0 Å². The molecule has 94 valence electrons. The number of esters is 1. The van der Waals surface area contributed by atoms with Crippen LogP contribution in [0, 0.1) is 6.92 Å². The van der Waals surface area contributed by atoms with E-state index in [0.29, 0.717) is 6.42 Å². The molecule has 2 N–H and O–H groups in total. The summed E-state index contributed by atoms with van der Waals surface area (Å²) in [6, 6.07) is 3.14. The monoisotopic (exact) mass is 236 g/mol. The molecule has 17 heavy (non-hydrogen) atoms. The highest BCUT2D eigenvalue weighted by molar-refractivity contribution is 5.76. The SMILES string of the molecule is Cc1cccnc1CC(N)C(=O)OC(C)(C)C. The maximum Gasteiger partial charge on any atom is 0.323 e. The molecular formula is C13H20N2O2. The lowest BCUT2D eigenvalue weighted by atomic mass is 10.1. The van der Waals surface area contributed by atoms with Crippen molar-refractivity contribution in [2.75, 3.05) is 0 Å². The van der Waals surface area contributed by atoms with Crippen LogP contribution in [0.15, 0.2) is 18.3 Å². The van der Waals surface area contributed by atoms with Gasteiger partial charge in [-0.25, -0.2) is 0 Å². The molecule has 0 fully saturated rings. The number of aromatic nitrogens is 1.